The molecule has 0 amide bonds. The first-order chi connectivity index (χ1) is 15.5. The van der Waals surface area contributed by atoms with Crippen LogP contribution in [-0.4, -0.2) is 55.1 Å². The van der Waals surface area contributed by atoms with Gasteiger partial charge in [-0.2, -0.15) is 0 Å². The molecule has 0 aromatic carbocycles. The van der Waals surface area contributed by atoms with Crippen LogP contribution in [0, 0.1) is 29.1 Å². The van der Waals surface area contributed by atoms with Crippen molar-refractivity contribution in [3.05, 3.63) is 12.2 Å². The summed E-state index contributed by atoms with van der Waals surface area (Å²) in [4.78, 5) is 13.6. The number of nitrogens with zero attached hydrogens (tertiary/aromatic N) is 1. The largest absolute Gasteiger partial charge is 0.481 e. The van der Waals surface area contributed by atoms with Gasteiger partial charge in [0.1, 0.15) is 6.79 Å². The van der Waals surface area contributed by atoms with E-state index in [4.69, 9.17) is 9.47 Å². The summed E-state index contributed by atoms with van der Waals surface area (Å²) in [6.45, 7) is 11.2. The van der Waals surface area contributed by atoms with E-state index in [1.807, 2.05) is 0 Å². The molecule has 5 heteroatoms. The number of carboxylic acid groups (broad SMARTS) is 1. The third-order valence-electron chi connectivity index (χ3n) is 9.47. The van der Waals surface area contributed by atoms with Gasteiger partial charge in [0.2, 0.25) is 0 Å². The zero-order valence-corrected chi connectivity index (χ0v) is 20.2. The Balaban J connectivity index is 0.000000433. The van der Waals surface area contributed by atoms with Crippen LogP contribution in [0.4, 0.5) is 0 Å². The minimum atomic E-state index is -0.626. The molecule has 0 radical (unpaired) electrons. The van der Waals surface area contributed by atoms with E-state index in [0.29, 0.717) is 36.1 Å². The van der Waals surface area contributed by atoms with Gasteiger partial charge in [-0.25, -0.2) is 0 Å². The van der Waals surface area contributed by atoms with E-state index in [-0.39, 0.29) is 5.92 Å². The van der Waals surface area contributed by atoms with Crippen LogP contribution in [0.3, 0.4) is 0 Å². The second-order valence-electron chi connectivity index (χ2n) is 11.3. The van der Waals surface area contributed by atoms with Crippen molar-refractivity contribution in [3.63, 3.8) is 0 Å². The van der Waals surface area contributed by atoms with Crippen molar-refractivity contribution in [3.8, 4) is 0 Å². The third kappa shape index (κ3) is 5.42. The maximum atomic E-state index is 11.2. The highest BCUT2D eigenvalue weighted by Crippen LogP contribution is 2.58. The molecule has 0 aromatic heterocycles. The van der Waals surface area contributed by atoms with Gasteiger partial charge in [-0.1, -0.05) is 51.2 Å². The Morgan fingerprint density at radius 3 is 2.47 bits per heavy atom. The molecular weight excluding hydrogens is 402 g/mol. The molecule has 3 saturated carbocycles. The van der Waals surface area contributed by atoms with Gasteiger partial charge in [0.15, 0.2) is 0 Å². The molecular formula is C27H45NO4. The highest BCUT2D eigenvalue weighted by atomic mass is 16.7. The summed E-state index contributed by atoms with van der Waals surface area (Å²) in [5.74, 6) is 1.01. The van der Waals surface area contributed by atoms with Crippen molar-refractivity contribution in [2.75, 3.05) is 33.0 Å². The lowest BCUT2D eigenvalue weighted by Crippen LogP contribution is -2.54. The zero-order chi connectivity index (χ0) is 22.6. The van der Waals surface area contributed by atoms with Crippen molar-refractivity contribution in [1.82, 2.24) is 4.90 Å². The van der Waals surface area contributed by atoms with Crippen molar-refractivity contribution < 1.29 is 19.4 Å². The van der Waals surface area contributed by atoms with Gasteiger partial charge in [0, 0.05) is 5.92 Å². The highest BCUT2D eigenvalue weighted by molar-refractivity contribution is 5.70. The highest BCUT2D eigenvalue weighted by Gasteiger charge is 2.53. The van der Waals surface area contributed by atoms with Gasteiger partial charge in [0.05, 0.1) is 18.6 Å². The number of rotatable bonds is 4. The Labute approximate surface area is 194 Å². The van der Waals surface area contributed by atoms with Crippen molar-refractivity contribution in [1.29, 1.82) is 0 Å². The fourth-order valence-electron chi connectivity index (χ4n) is 7.44. The van der Waals surface area contributed by atoms with Gasteiger partial charge in [0.25, 0.3) is 0 Å². The van der Waals surface area contributed by atoms with Crippen molar-refractivity contribution in [2.45, 2.75) is 90.1 Å². The fourth-order valence-corrected chi connectivity index (χ4v) is 7.44. The standard InChI is InChI=1S/C22H35NO4.C5H10/c1-15-3-4-19-17-13-26-14-27-20(17)5-9-22(19,2)18(15)8-12-23-10-6-16(7-11-23)21(24)25;1-2-4-5-3-1/h16-20H,1,3-14H2,2H3,(H,24,25);1-5H2. The van der Waals surface area contributed by atoms with Gasteiger partial charge in [-0.05, 0) is 81.8 Å². The lowest BCUT2D eigenvalue weighted by atomic mass is 9.50. The Bertz CT molecular complexity index is 632. The van der Waals surface area contributed by atoms with Gasteiger partial charge in [-0.3, -0.25) is 4.79 Å². The molecule has 0 aromatic rings. The second-order valence-corrected chi connectivity index (χ2v) is 11.3. The number of carboxylic acids is 1. The maximum absolute atomic E-state index is 11.2. The van der Waals surface area contributed by atoms with Gasteiger partial charge < -0.3 is 19.5 Å². The second kappa shape index (κ2) is 11.0. The quantitative estimate of drug-likeness (QED) is 0.577. The molecule has 3 aliphatic carbocycles. The lowest BCUT2D eigenvalue weighted by molar-refractivity contribution is -0.218. The zero-order valence-electron chi connectivity index (χ0n) is 20.2. The number of piperidine rings is 1. The number of carbonyl (C=O) groups is 1. The normalized spacial score (nSPS) is 38.3. The average molecular weight is 448 g/mol. The van der Waals surface area contributed by atoms with Gasteiger partial charge in [-0.15, -0.1) is 0 Å². The minimum absolute atomic E-state index is 0.144. The van der Waals surface area contributed by atoms with Crippen LogP contribution < -0.4 is 0 Å². The Kier molecular flexibility index (Phi) is 8.33. The molecule has 32 heavy (non-hydrogen) atoms. The van der Waals surface area contributed by atoms with E-state index in [2.05, 4.69) is 18.4 Å². The summed E-state index contributed by atoms with van der Waals surface area (Å²) in [5.41, 5.74) is 1.74. The Morgan fingerprint density at radius 1 is 1.12 bits per heavy atom. The van der Waals surface area contributed by atoms with E-state index < -0.39 is 5.97 Å². The molecule has 0 bridgehead atoms. The monoisotopic (exact) mass is 447 g/mol. The number of likely N-dealkylation sites (tertiary alicyclic amines) is 1. The first kappa shape index (κ1) is 24.2. The summed E-state index contributed by atoms with van der Waals surface area (Å²) in [7, 11) is 0. The molecule has 5 aliphatic rings. The van der Waals surface area contributed by atoms with E-state index in [1.165, 1.54) is 50.5 Å². The third-order valence-corrected chi connectivity index (χ3v) is 9.47. The maximum Gasteiger partial charge on any atom is 0.306 e. The molecule has 0 spiro atoms. The first-order valence-electron chi connectivity index (χ1n) is 13.3. The molecule has 2 saturated heterocycles. The molecule has 1 N–H and O–H groups in total. The van der Waals surface area contributed by atoms with E-state index in [0.717, 1.165) is 58.3 Å². The summed E-state index contributed by atoms with van der Waals surface area (Å²) >= 11 is 0. The molecule has 2 aliphatic heterocycles. The molecule has 5 nitrogen and oxygen atoms in total. The van der Waals surface area contributed by atoms with Crippen LogP contribution in [0.1, 0.15) is 84.0 Å². The molecule has 5 fully saturated rings. The molecule has 182 valence electrons. The summed E-state index contributed by atoms with van der Waals surface area (Å²) in [6.07, 6.45) is 15.4. The fraction of sp³-hybridized carbons (Fsp3) is 0.889. The number of allylic oxidation sites excluding steroid dienone is 1. The predicted octanol–water partition coefficient (Wildman–Crippen LogP) is 5.50. The van der Waals surface area contributed by atoms with E-state index in [9.17, 15) is 9.90 Å². The van der Waals surface area contributed by atoms with Crippen LogP contribution in [0.2, 0.25) is 0 Å². The lowest BCUT2D eigenvalue weighted by Gasteiger charge is -2.57. The summed E-state index contributed by atoms with van der Waals surface area (Å²) < 4.78 is 11.6. The minimum Gasteiger partial charge on any atom is -0.481 e. The van der Waals surface area contributed by atoms with Crippen molar-refractivity contribution >= 4 is 5.97 Å². The average Bonchev–Trinajstić information content (AvgIpc) is 3.39. The molecule has 5 atom stereocenters. The Morgan fingerprint density at radius 2 is 1.81 bits per heavy atom. The number of aliphatic carboxylic acids is 1. The predicted molar refractivity (Wildman–Crippen MR) is 126 cm³/mol. The van der Waals surface area contributed by atoms with E-state index >= 15 is 0 Å². The molecule has 5 unspecified atom stereocenters. The summed E-state index contributed by atoms with van der Waals surface area (Å²) in [5, 5.41) is 9.20. The summed E-state index contributed by atoms with van der Waals surface area (Å²) in [6, 6.07) is 0. The Hall–Kier alpha value is -0.910. The molecule has 5 rings (SSSR count). The smallest absolute Gasteiger partial charge is 0.306 e. The number of ether oxygens (including phenoxy) is 2. The van der Waals surface area contributed by atoms with Crippen LogP contribution in [0.5, 0.6) is 0 Å². The first-order valence-corrected chi connectivity index (χ1v) is 13.3. The number of hydrogen-bond donors (Lipinski definition) is 1. The van der Waals surface area contributed by atoms with Crippen LogP contribution in [-0.2, 0) is 14.3 Å². The topological polar surface area (TPSA) is 59.0 Å². The van der Waals surface area contributed by atoms with E-state index in [1.54, 1.807) is 0 Å². The van der Waals surface area contributed by atoms with Crippen molar-refractivity contribution in [2.24, 2.45) is 29.1 Å². The van der Waals surface area contributed by atoms with Crippen LogP contribution in [0.25, 0.3) is 0 Å². The van der Waals surface area contributed by atoms with Crippen LogP contribution >= 0.6 is 0 Å². The number of fused-ring (bicyclic) bond motifs is 3. The number of hydrogen-bond acceptors (Lipinski definition) is 4. The SMILES string of the molecule is C1CCCC1.C=C1CCC2C3COCOC3CCC2(C)C1CCN1CCC(C(=O)O)CC1. The van der Waals surface area contributed by atoms with Gasteiger partial charge >= 0.3 is 5.97 Å². The van der Waals surface area contributed by atoms with Crippen LogP contribution in [0.15, 0.2) is 12.2 Å². The molecule has 2 heterocycles.